The fourth-order valence-electron chi connectivity index (χ4n) is 1.85. The quantitative estimate of drug-likeness (QED) is 0.530. The highest BCUT2D eigenvalue weighted by molar-refractivity contribution is 6.38. The van der Waals surface area contributed by atoms with Gasteiger partial charge in [-0.1, -0.05) is 29.3 Å². The number of benzene rings is 1. The van der Waals surface area contributed by atoms with Gasteiger partial charge < -0.3 is 10.6 Å². The van der Waals surface area contributed by atoms with Crippen LogP contribution in [0.1, 0.15) is 15.9 Å². The van der Waals surface area contributed by atoms with Crippen molar-refractivity contribution in [2.45, 2.75) is 0 Å². The number of halogens is 2. The Kier molecular flexibility index (Phi) is 6.73. The molecular weight excluding hydrogens is 365 g/mol. The lowest BCUT2D eigenvalue weighted by Crippen LogP contribution is -2.26. The van der Waals surface area contributed by atoms with Crippen LogP contribution in [0.4, 0.5) is 5.69 Å². The number of nitrogens with zero attached hydrogens (tertiary/aromatic N) is 2. The van der Waals surface area contributed by atoms with Crippen LogP contribution in [0.5, 0.6) is 0 Å². The van der Waals surface area contributed by atoms with Gasteiger partial charge in [0.05, 0.1) is 22.8 Å². The molecule has 0 spiro atoms. The Morgan fingerprint density at radius 2 is 1.96 bits per heavy atom. The maximum atomic E-state index is 11.8. The predicted molar refractivity (Wildman–Crippen MR) is 98.3 cm³/mol. The molecule has 9 heteroatoms. The van der Waals surface area contributed by atoms with Crippen LogP contribution in [0.2, 0.25) is 10.0 Å². The van der Waals surface area contributed by atoms with E-state index in [0.717, 1.165) is 0 Å². The van der Waals surface area contributed by atoms with Crippen LogP contribution in [0.15, 0.2) is 41.8 Å². The zero-order valence-corrected chi connectivity index (χ0v) is 14.7. The van der Waals surface area contributed by atoms with Gasteiger partial charge in [0, 0.05) is 36.3 Å². The molecule has 0 radical (unpaired) electrons. The van der Waals surface area contributed by atoms with Gasteiger partial charge in [-0.3, -0.25) is 14.6 Å². The molecule has 130 valence electrons. The summed E-state index contributed by atoms with van der Waals surface area (Å²) < 4.78 is 0. The number of nitrogens with one attached hydrogen (secondary N) is 3. The number of amides is 2. The second-order valence-electron chi connectivity index (χ2n) is 4.82. The second kappa shape index (κ2) is 9.00. The molecule has 0 aliphatic heterocycles. The number of hydrogen-bond acceptors (Lipinski definition) is 5. The lowest BCUT2D eigenvalue weighted by atomic mass is 10.2. The van der Waals surface area contributed by atoms with Gasteiger partial charge in [-0.15, -0.1) is 0 Å². The third-order valence-corrected chi connectivity index (χ3v) is 3.68. The number of carbonyl (C=O) groups is 2. The summed E-state index contributed by atoms with van der Waals surface area (Å²) in [5.41, 5.74) is 3.95. The van der Waals surface area contributed by atoms with E-state index in [2.05, 4.69) is 26.1 Å². The molecule has 0 aliphatic rings. The zero-order valence-electron chi connectivity index (χ0n) is 13.2. The molecule has 0 aliphatic carbocycles. The molecule has 0 atom stereocenters. The van der Waals surface area contributed by atoms with Gasteiger partial charge in [-0.2, -0.15) is 5.10 Å². The van der Waals surface area contributed by atoms with Crippen molar-refractivity contribution in [2.24, 2.45) is 5.10 Å². The Balaban J connectivity index is 1.89. The Morgan fingerprint density at radius 1 is 1.24 bits per heavy atom. The van der Waals surface area contributed by atoms with Crippen molar-refractivity contribution in [3.8, 4) is 0 Å². The minimum atomic E-state index is -0.372. The first-order valence-corrected chi connectivity index (χ1v) is 7.93. The largest absolute Gasteiger partial charge is 0.376 e. The summed E-state index contributed by atoms with van der Waals surface area (Å²) in [6, 6.07) is 6.79. The lowest BCUT2D eigenvalue weighted by molar-refractivity contribution is -0.119. The summed E-state index contributed by atoms with van der Waals surface area (Å²) >= 11 is 11.9. The average molecular weight is 380 g/mol. The van der Waals surface area contributed by atoms with Gasteiger partial charge in [0.15, 0.2) is 0 Å². The van der Waals surface area contributed by atoms with Gasteiger partial charge in [0.2, 0.25) is 0 Å². The summed E-state index contributed by atoms with van der Waals surface area (Å²) in [6.45, 7) is -0.0215. The molecule has 2 amide bonds. The van der Waals surface area contributed by atoms with Crippen LogP contribution in [0.25, 0.3) is 0 Å². The number of anilines is 1. The summed E-state index contributed by atoms with van der Waals surface area (Å²) in [5.74, 6) is -0.577. The van der Waals surface area contributed by atoms with E-state index in [1.165, 1.54) is 18.6 Å². The number of pyridine rings is 1. The zero-order chi connectivity index (χ0) is 18.2. The van der Waals surface area contributed by atoms with Crippen LogP contribution in [0.3, 0.4) is 0 Å². The smallest absolute Gasteiger partial charge is 0.259 e. The van der Waals surface area contributed by atoms with Gasteiger partial charge in [-0.05, 0) is 18.2 Å². The van der Waals surface area contributed by atoms with Crippen LogP contribution in [-0.4, -0.2) is 36.6 Å². The molecule has 1 aromatic carbocycles. The Morgan fingerprint density at radius 3 is 2.64 bits per heavy atom. The van der Waals surface area contributed by atoms with Gasteiger partial charge in [0.25, 0.3) is 11.8 Å². The Bertz CT molecular complexity index is 791. The maximum absolute atomic E-state index is 11.8. The van der Waals surface area contributed by atoms with E-state index in [1.807, 2.05) is 0 Å². The maximum Gasteiger partial charge on any atom is 0.259 e. The lowest BCUT2D eigenvalue weighted by Gasteiger charge is -2.07. The van der Waals surface area contributed by atoms with E-state index in [0.29, 0.717) is 26.9 Å². The highest BCUT2D eigenvalue weighted by Gasteiger charge is 2.06. The summed E-state index contributed by atoms with van der Waals surface area (Å²) in [6.07, 6.45) is 4.20. The van der Waals surface area contributed by atoms with E-state index < -0.39 is 0 Å². The number of aromatic nitrogens is 1. The molecule has 25 heavy (non-hydrogen) atoms. The first kappa shape index (κ1) is 18.7. The highest BCUT2D eigenvalue weighted by Crippen LogP contribution is 2.20. The molecule has 0 saturated carbocycles. The van der Waals surface area contributed by atoms with Crippen LogP contribution >= 0.6 is 23.2 Å². The van der Waals surface area contributed by atoms with Gasteiger partial charge >= 0.3 is 0 Å². The molecule has 0 unspecified atom stereocenters. The topological polar surface area (TPSA) is 95.5 Å². The van der Waals surface area contributed by atoms with Crippen molar-refractivity contribution >= 4 is 46.9 Å². The van der Waals surface area contributed by atoms with E-state index in [4.69, 9.17) is 23.2 Å². The summed E-state index contributed by atoms with van der Waals surface area (Å²) in [5, 5.41) is 9.91. The molecule has 2 rings (SSSR count). The molecule has 7 nitrogen and oxygen atoms in total. The van der Waals surface area contributed by atoms with Crippen molar-refractivity contribution in [1.82, 2.24) is 15.7 Å². The third-order valence-electron chi connectivity index (χ3n) is 3.08. The fourth-order valence-corrected chi connectivity index (χ4v) is 2.31. The first-order chi connectivity index (χ1) is 12.0. The minimum Gasteiger partial charge on any atom is -0.376 e. The molecule has 1 heterocycles. The molecule has 2 aromatic rings. The van der Waals surface area contributed by atoms with Crippen molar-refractivity contribution in [1.29, 1.82) is 0 Å². The van der Waals surface area contributed by atoms with E-state index >= 15 is 0 Å². The SMILES string of the molecule is CNC(=O)c1cccc(NCC(=O)N/N=C/c2c(Cl)cncc2Cl)c1. The minimum absolute atomic E-state index is 0.0215. The standard InChI is InChI=1S/C16H15Cl2N5O2/c1-19-16(25)10-3-2-4-11(5-10)21-9-15(24)23-22-6-12-13(17)7-20-8-14(12)18/h2-8,21H,9H2,1H3,(H,19,25)(H,23,24)/b22-6+. The fraction of sp³-hybridized carbons (Fsp3) is 0.125. The normalized spacial score (nSPS) is 10.5. The molecule has 0 bridgehead atoms. The van der Waals surface area contributed by atoms with Crippen LogP contribution < -0.4 is 16.1 Å². The number of rotatable bonds is 6. The van der Waals surface area contributed by atoms with Crippen LogP contribution in [0, 0.1) is 0 Å². The van der Waals surface area contributed by atoms with Crippen LogP contribution in [-0.2, 0) is 4.79 Å². The average Bonchev–Trinajstić information content (AvgIpc) is 2.62. The van der Waals surface area contributed by atoms with E-state index in [9.17, 15) is 9.59 Å². The number of carbonyl (C=O) groups excluding carboxylic acids is 2. The monoisotopic (exact) mass is 379 g/mol. The highest BCUT2D eigenvalue weighted by atomic mass is 35.5. The molecule has 0 fully saturated rings. The number of hydrazone groups is 1. The Labute approximate surface area is 154 Å². The number of hydrogen-bond donors (Lipinski definition) is 3. The van der Waals surface area contributed by atoms with Crippen molar-refractivity contribution in [2.75, 3.05) is 18.9 Å². The molecule has 3 N–H and O–H groups in total. The summed E-state index contributed by atoms with van der Waals surface area (Å²) in [7, 11) is 1.55. The Hall–Kier alpha value is -2.64. The van der Waals surface area contributed by atoms with Gasteiger partial charge in [-0.25, -0.2) is 5.43 Å². The molecule has 0 saturated heterocycles. The molecule has 1 aromatic heterocycles. The second-order valence-corrected chi connectivity index (χ2v) is 5.64. The predicted octanol–water partition coefficient (Wildman–Crippen LogP) is 2.31. The van der Waals surface area contributed by atoms with Crippen molar-refractivity contribution < 1.29 is 9.59 Å². The molecular formula is C16H15Cl2N5O2. The van der Waals surface area contributed by atoms with E-state index in [1.54, 1.807) is 31.3 Å². The van der Waals surface area contributed by atoms with E-state index in [-0.39, 0.29) is 18.4 Å². The first-order valence-electron chi connectivity index (χ1n) is 7.18. The van der Waals surface area contributed by atoms with Gasteiger partial charge in [0.1, 0.15) is 0 Å². The summed E-state index contributed by atoms with van der Waals surface area (Å²) in [4.78, 5) is 27.2. The van der Waals surface area contributed by atoms with Crippen molar-refractivity contribution in [3.63, 3.8) is 0 Å². The third kappa shape index (κ3) is 5.44. The van der Waals surface area contributed by atoms with Crippen molar-refractivity contribution in [3.05, 3.63) is 57.8 Å².